The Morgan fingerprint density at radius 2 is 2.10 bits per heavy atom. The van der Waals surface area contributed by atoms with Crippen LogP contribution in [0.15, 0.2) is 47.7 Å². The molecule has 0 radical (unpaired) electrons. The first-order valence-corrected chi connectivity index (χ1v) is 5.97. The summed E-state index contributed by atoms with van der Waals surface area (Å²) >= 11 is 0. The van der Waals surface area contributed by atoms with E-state index in [9.17, 15) is 14.4 Å². The summed E-state index contributed by atoms with van der Waals surface area (Å²) in [6, 6.07) is 7.90. The van der Waals surface area contributed by atoms with Gasteiger partial charge in [-0.25, -0.2) is 4.98 Å². The highest BCUT2D eigenvalue weighted by Gasteiger charge is 2.06. The van der Waals surface area contributed by atoms with Gasteiger partial charge in [0.25, 0.3) is 5.56 Å². The number of nitrogens with zero attached hydrogens (tertiary/aromatic N) is 2. The highest BCUT2D eigenvalue weighted by atomic mass is 16.2. The first kappa shape index (κ1) is 13.7. The number of nitrogens with one attached hydrogen (secondary N) is 1. The van der Waals surface area contributed by atoms with Crippen molar-refractivity contribution in [2.24, 2.45) is 0 Å². The first-order valence-electron chi connectivity index (χ1n) is 5.97. The van der Waals surface area contributed by atoms with Crippen molar-refractivity contribution in [3.05, 3.63) is 58.8 Å². The average molecular weight is 271 g/mol. The SMILES string of the molecule is CC(=O)c1cccc(NC(=O)Cn2cnccc2=O)c1. The molecule has 0 fully saturated rings. The standard InChI is InChI=1S/C14H13N3O3/c1-10(18)11-3-2-4-12(7-11)16-13(19)8-17-9-15-6-5-14(17)20/h2-7,9H,8H2,1H3,(H,16,19). The number of hydrogen-bond donors (Lipinski definition) is 1. The number of anilines is 1. The van der Waals surface area contributed by atoms with E-state index in [1.54, 1.807) is 24.3 Å². The van der Waals surface area contributed by atoms with Crippen molar-refractivity contribution >= 4 is 17.4 Å². The lowest BCUT2D eigenvalue weighted by Gasteiger charge is -2.07. The van der Waals surface area contributed by atoms with Crippen LogP contribution in [0.2, 0.25) is 0 Å². The van der Waals surface area contributed by atoms with Crippen molar-refractivity contribution in [2.45, 2.75) is 13.5 Å². The molecule has 0 aliphatic carbocycles. The predicted octanol–water partition coefficient (Wildman–Crippen LogP) is 1.08. The Hall–Kier alpha value is -2.76. The van der Waals surface area contributed by atoms with E-state index in [2.05, 4.69) is 10.3 Å². The minimum Gasteiger partial charge on any atom is -0.325 e. The van der Waals surface area contributed by atoms with Crippen molar-refractivity contribution in [1.82, 2.24) is 9.55 Å². The van der Waals surface area contributed by atoms with Crippen molar-refractivity contribution in [2.75, 3.05) is 5.32 Å². The molecule has 6 nitrogen and oxygen atoms in total. The van der Waals surface area contributed by atoms with Gasteiger partial charge in [-0.05, 0) is 19.1 Å². The molecule has 1 amide bonds. The lowest BCUT2D eigenvalue weighted by Crippen LogP contribution is -2.27. The number of Topliss-reactive ketones (excluding diaryl/α,β-unsaturated/α-hetero) is 1. The number of carbonyl (C=O) groups is 2. The van der Waals surface area contributed by atoms with Crippen LogP contribution in [0, 0.1) is 0 Å². The predicted molar refractivity (Wildman–Crippen MR) is 73.6 cm³/mol. The number of amides is 1. The van der Waals surface area contributed by atoms with E-state index >= 15 is 0 Å². The second-order valence-electron chi connectivity index (χ2n) is 4.23. The molecule has 0 spiro atoms. The van der Waals surface area contributed by atoms with E-state index in [1.165, 1.54) is 30.1 Å². The van der Waals surface area contributed by atoms with Gasteiger partial charge in [-0.15, -0.1) is 0 Å². The third-order valence-corrected chi connectivity index (χ3v) is 2.66. The summed E-state index contributed by atoms with van der Waals surface area (Å²) in [5, 5.41) is 2.63. The molecule has 0 atom stereocenters. The van der Waals surface area contributed by atoms with Gasteiger partial charge in [0.2, 0.25) is 5.91 Å². The van der Waals surface area contributed by atoms with Crippen LogP contribution >= 0.6 is 0 Å². The molecule has 6 heteroatoms. The molecule has 1 N–H and O–H groups in total. The fraction of sp³-hybridized carbons (Fsp3) is 0.143. The normalized spacial score (nSPS) is 10.1. The largest absolute Gasteiger partial charge is 0.325 e. The van der Waals surface area contributed by atoms with E-state index in [0.717, 1.165) is 0 Å². The lowest BCUT2D eigenvalue weighted by molar-refractivity contribution is -0.116. The van der Waals surface area contributed by atoms with E-state index in [4.69, 9.17) is 0 Å². The minimum atomic E-state index is -0.360. The summed E-state index contributed by atoms with van der Waals surface area (Å²) in [6.07, 6.45) is 2.67. The van der Waals surface area contributed by atoms with Gasteiger partial charge < -0.3 is 5.32 Å². The monoisotopic (exact) mass is 271 g/mol. The van der Waals surface area contributed by atoms with Crippen LogP contribution in [0.4, 0.5) is 5.69 Å². The average Bonchev–Trinajstić information content (AvgIpc) is 2.41. The van der Waals surface area contributed by atoms with Gasteiger partial charge in [-0.2, -0.15) is 0 Å². The molecule has 2 aromatic rings. The summed E-state index contributed by atoms with van der Waals surface area (Å²) in [4.78, 5) is 38.3. The zero-order valence-corrected chi connectivity index (χ0v) is 10.9. The van der Waals surface area contributed by atoms with Gasteiger partial charge in [-0.3, -0.25) is 19.0 Å². The van der Waals surface area contributed by atoms with Gasteiger partial charge in [0.1, 0.15) is 6.54 Å². The first-order chi connectivity index (χ1) is 9.56. The number of rotatable bonds is 4. The molecule has 1 aromatic heterocycles. The van der Waals surface area contributed by atoms with Crippen LogP contribution in [0.25, 0.3) is 0 Å². The number of carbonyl (C=O) groups excluding carboxylic acids is 2. The van der Waals surface area contributed by atoms with Crippen LogP contribution in [0.5, 0.6) is 0 Å². The van der Waals surface area contributed by atoms with E-state index in [-0.39, 0.29) is 23.8 Å². The smallest absolute Gasteiger partial charge is 0.253 e. The Morgan fingerprint density at radius 3 is 2.80 bits per heavy atom. The van der Waals surface area contributed by atoms with Crippen LogP contribution in [0.3, 0.4) is 0 Å². The molecule has 0 aliphatic rings. The zero-order valence-electron chi connectivity index (χ0n) is 10.9. The maximum Gasteiger partial charge on any atom is 0.253 e. The Morgan fingerprint density at radius 1 is 1.30 bits per heavy atom. The quantitative estimate of drug-likeness (QED) is 0.844. The van der Waals surface area contributed by atoms with Gasteiger partial charge in [-0.1, -0.05) is 12.1 Å². The topological polar surface area (TPSA) is 81.1 Å². The van der Waals surface area contributed by atoms with E-state index < -0.39 is 0 Å². The maximum absolute atomic E-state index is 11.8. The molecular formula is C14H13N3O3. The fourth-order valence-corrected chi connectivity index (χ4v) is 1.67. The number of ketones is 1. The summed E-state index contributed by atoms with van der Waals surface area (Å²) < 4.78 is 1.20. The lowest BCUT2D eigenvalue weighted by atomic mass is 10.1. The highest BCUT2D eigenvalue weighted by Crippen LogP contribution is 2.11. The third-order valence-electron chi connectivity index (χ3n) is 2.66. The van der Waals surface area contributed by atoms with Crippen molar-refractivity contribution in [3.63, 3.8) is 0 Å². The number of aromatic nitrogens is 2. The zero-order chi connectivity index (χ0) is 14.5. The minimum absolute atomic E-state index is 0.0791. The molecule has 1 heterocycles. The van der Waals surface area contributed by atoms with Crippen molar-refractivity contribution < 1.29 is 9.59 Å². The molecule has 0 aliphatic heterocycles. The Labute approximate surface area is 115 Å². The molecule has 0 bridgehead atoms. The van der Waals surface area contributed by atoms with Gasteiger partial charge >= 0.3 is 0 Å². The molecule has 0 saturated heterocycles. The Balaban J connectivity index is 2.09. The van der Waals surface area contributed by atoms with Crippen molar-refractivity contribution in [3.8, 4) is 0 Å². The highest BCUT2D eigenvalue weighted by molar-refractivity contribution is 5.97. The van der Waals surface area contributed by atoms with Crippen LogP contribution in [0.1, 0.15) is 17.3 Å². The van der Waals surface area contributed by atoms with Gasteiger partial charge in [0.15, 0.2) is 5.78 Å². The van der Waals surface area contributed by atoms with E-state index in [0.29, 0.717) is 11.3 Å². The molecule has 1 aromatic carbocycles. The summed E-state index contributed by atoms with van der Waals surface area (Å²) in [5.74, 6) is -0.439. The summed E-state index contributed by atoms with van der Waals surface area (Å²) in [6.45, 7) is 1.33. The maximum atomic E-state index is 11.8. The summed E-state index contributed by atoms with van der Waals surface area (Å²) in [7, 11) is 0. The second-order valence-corrected chi connectivity index (χ2v) is 4.23. The third kappa shape index (κ3) is 3.38. The second kappa shape index (κ2) is 5.92. The molecule has 20 heavy (non-hydrogen) atoms. The van der Waals surface area contributed by atoms with Crippen LogP contribution < -0.4 is 10.9 Å². The Kier molecular flexibility index (Phi) is 4.05. The molecular weight excluding hydrogens is 258 g/mol. The molecule has 0 saturated carbocycles. The fourth-order valence-electron chi connectivity index (χ4n) is 1.67. The van der Waals surface area contributed by atoms with E-state index in [1.807, 2.05) is 0 Å². The number of hydrogen-bond acceptors (Lipinski definition) is 4. The molecule has 2 rings (SSSR count). The van der Waals surface area contributed by atoms with Crippen molar-refractivity contribution in [1.29, 1.82) is 0 Å². The van der Waals surface area contributed by atoms with Gasteiger partial charge in [0.05, 0.1) is 6.33 Å². The molecule has 0 unspecified atom stereocenters. The van der Waals surface area contributed by atoms with Gasteiger partial charge in [0, 0.05) is 23.5 Å². The van der Waals surface area contributed by atoms with Crippen LogP contribution in [-0.2, 0) is 11.3 Å². The molecule has 102 valence electrons. The number of benzene rings is 1. The van der Waals surface area contributed by atoms with Crippen LogP contribution in [-0.4, -0.2) is 21.2 Å². The Bertz CT molecular complexity index is 707. The summed E-state index contributed by atoms with van der Waals surface area (Å²) in [5.41, 5.74) is 0.730.